The molecule has 1 aromatic rings. The number of hydrogen-bond donors (Lipinski definition) is 3. The van der Waals surface area contributed by atoms with Gasteiger partial charge in [0.1, 0.15) is 11.2 Å². The van der Waals surface area contributed by atoms with Gasteiger partial charge < -0.3 is 15.4 Å². The Hall–Kier alpha value is -1.78. The predicted molar refractivity (Wildman–Crippen MR) is 61.7 cm³/mol. The normalized spacial score (nSPS) is 18.6. The highest BCUT2D eigenvalue weighted by Crippen LogP contribution is 2.28. The van der Waals surface area contributed by atoms with Crippen LogP contribution in [0.4, 0.5) is 0 Å². The van der Waals surface area contributed by atoms with Crippen LogP contribution in [-0.2, 0) is 4.79 Å². The molecule has 0 unspecified atom stereocenters. The second-order valence-electron chi connectivity index (χ2n) is 4.49. The molecule has 5 heteroatoms. The zero-order valence-electron chi connectivity index (χ0n) is 9.53. The van der Waals surface area contributed by atoms with Crippen LogP contribution in [0.15, 0.2) is 18.3 Å². The van der Waals surface area contributed by atoms with Crippen molar-refractivity contribution in [1.29, 1.82) is 0 Å². The number of carboxylic acid groups (broad SMARTS) is 1. The molecule has 0 saturated heterocycles. The highest BCUT2D eigenvalue weighted by molar-refractivity contribution is 5.96. The maximum atomic E-state index is 11.9. The van der Waals surface area contributed by atoms with E-state index in [9.17, 15) is 14.7 Å². The lowest BCUT2D eigenvalue weighted by atomic mass is 9.81. The second kappa shape index (κ2) is 4.61. The first-order valence-corrected chi connectivity index (χ1v) is 5.83. The van der Waals surface area contributed by atoms with E-state index in [1.807, 2.05) is 0 Å². The summed E-state index contributed by atoms with van der Waals surface area (Å²) in [6, 6.07) is 3.34. The molecule has 1 amide bonds. The minimum Gasteiger partial charge on any atom is -0.480 e. The summed E-state index contributed by atoms with van der Waals surface area (Å²) >= 11 is 0. The number of H-pyrrole nitrogens is 1. The molecule has 1 aromatic heterocycles. The van der Waals surface area contributed by atoms with Crippen LogP contribution in [0.25, 0.3) is 0 Å². The van der Waals surface area contributed by atoms with Gasteiger partial charge in [-0.15, -0.1) is 0 Å². The van der Waals surface area contributed by atoms with Crippen LogP contribution in [0.2, 0.25) is 0 Å². The third kappa shape index (κ3) is 2.33. The van der Waals surface area contributed by atoms with E-state index in [4.69, 9.17) is 0 Å². The maximum Gasteiger partial charge on any atom is 0.329 e. The van der Waals surface area contributed by atoms with Crippen molar-refractivity contribution < 1.29 is 14.7 Å². The van der Waals surface area contributed by atoms with E-state index in [0.29, 0.717) is 18.5 Å². The number of amides is 1. The molecule has 2 rings (SSSR count). The number of carbonyl (C=O) groups is 2. The number of aliphatic carboxylic acids is 1. The van der Waals surface area contributed by atoms with Crippen LogP contribution in [0.1, 0.15) is 42.6 Å². The fraction of sp³-hybridized carbons (Fsp3) is 0.500. The lowest BCUT2D eigenvalue weighted by molar-refractivity contribution is -0.145. The van der Waals surface area contributed by atoms with Gasteiger partial charge in [0.2, 0.25) is 0 Å². The standard InChI is InChI=1S/C12H16N2O3/c15-10(9-5-4-8-13-9)14-12(11(16)17)6-2-1-3-7-12/h4-5,8,13H,1-3,6-7H2,(H,14,15)(H,16,17). The lowest BCUT2D eigenvalue weighted by Gasteiger charge is -2.33. The van der Waals surface area contributed by atoms with Crippen LogP contribution in [-0.4, -0.2) is 27.5 Å². The Morgan fingerprint density at radius 3 is 2.53 bits per heavy atom. The monoisotopic (exact) mass is 236 g/mol. The van der Waals surface area contributed by atoms with E-state index in [1.165, 1.54) is 0 Å². The minimum atomic E-state index is -1.08. The maximum absolute atomic E-state index is 11.9. The van der Waals surface area contributed by atoms with Crippen molar-refractivity contribution in [2.45, 2.75) is 37.6 Å². The summed E-state index contributed by atoms with van der Waals surface area (Å²) < 4.78 is 0. The van der Waals surface area contributed by atoms with Crippen molar-refractivity contribution in [3.63, 3.8) is 0 Å². The van der Waals surface area contributed by atoms with Gasteiger partial charge in [0.25, 0.3) is 5.91 Å². The molecule has 0 radical (unpaired) electrons. The van der Waals surface area contributed by atoms with Gasteiger partial charge in [-0.1, -0.05) is 19.3 Å². The first kappa shape index (κ1) is 11.7. The lowest BCUT2D eigenvalue weighted by Crippen LogP contribution is -2.55. The van der Waals surface area contributed by atoms with Gasteiger partial charge in [-0.25, -0.2) is 4.79 Å². The van der Waals surface area contributed by atoms with Crippen LogP contribution in [0.5, 0.6) is 0 Å². The summed E-state index contributed by atoms with van der Waals surface area (Å²) in [7, 11) is 0. The summed E-state index contributed by atoms with van der Waals surface area (Å²) in [5, 5.41) is 12.0. The molecule has 1 aliphatic rings. The molecule has 0 spiro atoms. The quantitative estimate of drug-likeness (QED) is 0.744. The Morgan fingerprint density at radius 2 is 2.00 bits per heavy atom. The highest BCUT2D eigenvalue weighted by atomic mass is 16.4. The first-order chi connectivity index (χ1) is 8.14. The number of aromatic amines is 1. The number of carbonyl (C=O) groups excluding carboxylic acids is 1. The summed E-state index contributed by atoms with van der Waals surface area (Å²) in [4.78, 5) is 26.0. The van der Waals surface area contributed by atoms with Crippen LogP contribution >= 0.6 is 0 Å². The van der Waals surface area contributed by atoms with Crippen molar-refractivity contribution in [3.8, 4) is 0 Å². The molecular formula is C12H16N2O3. The van der Waals surface area contributed by atoms with Crippen molar-refractivity contribution >= 4 is 11.9 Å². The third-order valence-electron chi connectivity index (χ3n) is 3.31. The van der Waals surface area contributed by atoms with Crippen molar-refractivity contribution in [2.24, 2.45) is 0 Å². The van der Waals surface area contributed by atoms with Gasteiger partial charge in [-0.2, -0.15) is 0 Å². The molecule has 0 atom stereocenters. The van der Waals surface area contributed by atoms with Crippen molar-refractivity contribution in [2.75, 3.05) is 0 Å². The minimum absolute atomic E-state index is 0.348. The van der Waals surface area contributed by atoms with Crippen molar-refractivity contribution in [3.05, 3.63) is 24.0 Å². The summed E-state index contributed by atoms with van der Waals surface area (Å²) in [5.41, 5.74) is -0.684. The number of nitrogens with one attached hydrogen (secondary N) is 2. The van der Waals surface area contributed by atoms with E-state index >= 15 is 0 Å². The van der Waals surface area contributed by atoms with Gasteiger partial charge in [-0.3, -0.25) is 4.79 Å². The topological polar surface area (TPSA) is 82.2 Å². The third-order valence-corrected chi connectivity index (χ3v) is 3.31. The Balaban J connectivity index is 2.13. The van der Waals surface area contributed by atoms with Gasteiger partial charge >= 0.3 is 5.97 Å². The molecule has 17 heavy (non-hydrogen) atoms. The molecule has 1 heterocycles. The zero-order chi connectivity index (χ0) is 12.3. The van der Waals surface area contributed by atoms with Crippen LogP contribution in [0, 0.1) is 0 Å². The molecule has 92 valence electrons. The number of rotatable bonds is 3. The van der Waals surface area contributed by atoms with E-state index in [-0.39, 0.29) is 5.91 Å². The zero-order valence-corrected chi connectivity index (χ0v) is 9.53. The summed E-state index contributed by atoms with van der Waals surface area (Å²) in [6.07, 6.45) is 5.38. The largest absolute Gasteiger partial charge is 0.480 e. The molecule has 3 N–H and O–H groups in total. The fourth-order valence-electron chi connectivity index (χ4n) is 2.30. The summed E-state index contributed by atoms with van der Waals surface area (Å²) in [5.74, 6) is -1.28. The smallest absolute Gasteiger partial charge is 0.329 e. The first-order valence-electron chi connectivity index (χ1n) is 5.83. The average molecular weight is 236 g/mol. The Morgan fingerprint density at radius 1 is 1.29 bits per heavy atom. The number of carboxylic acids is 1. The van der Waals surface area contributed by atoms with Gasteiger partial charge in [0.15, 0.2) is 0 Å². The highest BCUT2D eigenvalue weighted by Gasteiger charge is 2.41. The molecule has 1 saturated carbocycles. The van der Waals surface area contributed by atoms with Gasteiger partial charge in [-0.05, 0) is 25.0 Å². The van der Waals surface area contributed by atoms with E-state index in [1.54, 1.807) is 18.3 Å². The predicted octanol–water partition coefficient (Wildman–Crippen LogP) is 1.53. The molecule has 1 fully saturated rings. The number of aromatic nitrogens is 1. The van der Waals surface area contributed by atoms with E-state index < -0.39 is 11.5 Å². The molecule has 5 nitrogen and oxygen atoms in total. The van der Waals surface area contributed by atoms with Gasteiger partial charge in [0.05, 0.1) is 0 Å². The second-order valence-corrected chi connectivity index (χ2v) is 4.49. The fourth-order valence-corrected chi connectivity index (χ4v) is 2.30. The van der Waals surface area contributed by atoms with Crippen LogP contribution in [0.3, 0.4) is 0 Å². The van der Waals surface area contributed by atoms with E-state index in [2.05, 4.69) is 10.3 Å². The molecule has 0 bridgehead atoms. The Bertz CT molecular complexity index is 405. The van der Waals surface area contributed by atoms with Crippen molar-refractivity contribution in [1.82, 2.24) is 10.3 Å². The Labute approximate surface area is 99.2 Å². The molecule has 0 aliphatic heterocycles. The SMILES string of the molecule is O=C(NC1(C(=O)O)CCCCC1)c1ccc[nH]1. The van der Waals surface area contributed by atoms with E-state index in [0.717, 1.165) is 19.3 Å². The Kier molecular flexibility index (Phi) is 3.17. The average Bonchev–Trinajstić information content (AvgIpc) is 2.83. The molecule has 1 aliphatic carbocycles. The molecular weight excluding hydrogens is 220 g/mol. The van der Waals surface area contributed by atoms with Crippen LogP contribution < -0.4 is 5.32 Å². The summed E-state index contributed by atoms with van der Waals surface area (Å²) in [6.45, 7) is 0. The number of hydrogen-bond acceptors (Lipinski definition) is 2. The van der Waals surface area contributed by atoms with Gasteiger partial charge in [0, 0.05) is 6.20 Å². The molecule has 0 aromatic carbocycles.